The Kier molecular flexibility index (Phi) is 10.8. The fraction of sp³-hybridized carbons (Fsp3) is 0.333. The number of anilines is 1. The molecule has 0 saturated carbocycles. The average molecular weight is 659 g/mol. The molecule has 0 bridgehead atoms. The summed E-state index contributed by atoms with van der Waals surface area (Å²) in [5.41, 5.74) is -0.888. The van der Waals surface area contributed by atoms with Crippen LogP contribution in [0, 0.1) is 0 Å². The number of benzene rings is 3. The van der Waals surface area contributed by atoms with E-state index in [-0.39, 0.29) is 28.7 Å². The van der Waals surface area contributed by atoms with Crippen LogP contribution in [0.15, 0.2) is 72.8 Å². The number of rotatable bonds is 10. The van der Waals surface area contributed by atoms with E-state index in [4.69, 9.17) is 23.2 Å². The number of alkyl halides is 3. The van der Waals surface area contributed by atoms with Crippen molar-refractivity contribution in [1.29, 1.82) is 0 Å². The zero-order valence-corrected chi connectivity index (χ0v) is 26.3. The smallest absolute Gasteiger partial charge is 0.350 e. The molecule has 0 spiro atoms. The lowest BCUT2D eigenvalue weighted by Gasteiger charge is -2.35. The lowest BCUT2D eigenvalue weighted by atomic mass is 10.0. The van der Waals surface area contributed by atoms with Crippen molar-refractivity contribution in [2.24, 2.45) is 0 Å². The molecular formula is C30H32Cl2F3N3O4S. The molecule has 0 fully saturated rings. The number of nitrogens with one attached hydrogen (secondary N) is 1. The Morgan fingerprint density at radius 3 is 2.09 bits per heavy atom. The summed E-state index contributed by atoms with van der Waals surface area (Å²) in [6.07, 6.45) is -3.88. The van der Waals surface area contributed by atoms with Crippen LogP contribution in [-0.4, -0.2) is 49.5 Å². The van der Waals surface area contributed by atoms with Crippen molar-refractivity contribution < 1.29 is 31.2 Å². The Labute approximate surface area is 259 Å². The molecule has 43 heavy (non-hydrogen) atoms. The molecule has 3 rings (SSSR count). The van der Waals surface area contributed by atoms with Crippen LogP contribution >= 0.6 is 23.2 Å². The van der Waals surface area contributed by atoms with Crippen LogP contribution in [0.4, 0.5) is 18.9 Å². The average Bonchev–Trinajstić information content (AvgIpc) is 2.89. The van der Waals surface area contributed by atoms with Crippen molar-refractivity contribution in [3.63, 3.8) is 0 Å². The highest BCUT2D eigenvalue weighted by atomic mass is 35.5. The molecule has 0 unspecified atom stereocenters. The Hall–Kier alpha value is -3.28. The third kappa shape index (κ3) is 9.87. The van der Waals surface area contributed by atoms with E-state index in [1.165, 1.54) is 23.1 Å². The number of nitrogens with zero attached hydrogens (tertiary/aromatic N) is 2. The Bertz CT molecular complexity index is 1560. The van der Waals surface area contributed by atoms with Gasteiger partial charge in [0.15, 0.2) is 0 Å². The third-order valence-electron chi connectivity index (χ3n) is 6.25. The van der Waals surface area contributed by atoms with Crippen LogP contribution < -0.4 is 9.62 Å². The summed E-state index contributed by atoms with van der Waals surface area (Å²) in [7, 11) is -4.25. The maximum Gasteiger partial charge on any atom is 0.416 e. The van der Waals surface area contributed by atoms with E-state index in [9.17, 15) is 31.2 Å². The summed E-state index contributed by atoms with van der Waals surface area (Å²) in [6, 6.07) is 16.1. The highest BCUT2D eigenvalue weighted by molar-refractivity contribution is 7.92. The normalized spacial score (nSPS) is 12.9. The largest absolute Gasteiger partial charge is 0.416 e. The molecule has 0 aliphatic rings. The summed E-state index contributed by atoms with van der Waals surface area (Å²) >= 11 is 12.3. The van der Waals surface area contributed by atoms with Gasteiger partial charge in [0.25, 0.3) is 0 Å². The summed E-state index contributed by atoms with van der Waals surface area (Å²) in [5.74, 6) is -1.33. The Morgan fingerprint density at radius 1 is 0.884 bits per heavy atom. The van der Waals surface area contributed by atoms with Crippen LogP contribution in [0.2, 0.25) is 10.0 Å². The van der Waals surface area contributed by atoms with Crippen molar-refractivity contribution >= 4 is 50.7 Å². The van der Waals surface area contributed by atoms with E-state index in [1.54, 1.807) is 57.2 Å². The fourth-order valence-electron chi connectivity index (χ4n) is 4.29. The predicted octanol–water partition coefficient (Wildman–Crippen LogP) is 6.33. The van der Waals surface area contributed by atoms with Crippen molar-refractivity contribution in [3.8, 4) is 0 Å². The number of hydrogen-bond acceptors (Lipinski definition) is 4. The van der Waals surface area contributed by atoms with Gasteiger partial charge in [0.05, 0.1) is 27.6 Å². The Morgan fingerprint density at radius 2 is 1.53 bits per heavy atom. The van der Waals surface area contributed by atoms with Crippen LogP contribution in [0.5, 0.6) is 0 Å². The van der Waals surface area contributed by atoms with Crippen LogP contribution in [0.25, 0.3) is 0 Å². The highest BCUT2D eigenvalue weighted by Crippen LogP contribution is 2.32. The highest BCUT2D eigenvalue weighted by Gasteiger charge is 2.35. The first-order valence-corrected chi connectivity index (χ1v) is 15.7. The maximum absolute atomic E-state index is 14.1. The number of amides is 2. The van der Waals surface area contributed by atoms with Gasteiger partial charge in [-0.25, -0.2) is 8.42 Å². The van der Waals surface area contributed by atoms with Gasteiger partial charge in [-0.3, -0.25) is 13.9 Å². The predicted molar refractivity (Wildman–Crippen MR) is 162 cm³/mol. The molecule has 0 heterocycles. The monoisotopic (exact) mass is 657 g/mol. The third-order valence-corrected chi connectivity index (χ3v) is 8.13. The molecule has 1 N–H and O–H groups in total. The van der Waals surface area contributed by atoms with Gasteiger partial charge in [-0.1, -0.05) is 65.7 Å². The maximum atomic E-state index is 14.1. The molecule has 3 aromatic carbocycles. The van der Waals surface area contributed by atoms with Gasteiger partial charge in [0.2, 0.25) is 21.8 Å². The topological polar surface area (TPSA) is 86.8 Å². The van der Waals surface area contributed by atoms with Crippen molar-refractivity contribution in [3.05, 3.63) is 99.5 Å². The van der Waals surface area contributed by atoms with Gasteiger partial charge in [-0.2, -0.15) is 13.2 Å². The molecular weight excluding hydrogens is 626 g/mol. The molecule has 0 aromatic heterocycles. The zero-order chi connectivity index (χ0) is 32.2. The van der Waals surface area contributed by atoms with E-state index in [0.717, 1.165) is 24.0 Å². The minimum absolute atomic E-state index is 0.0677. The van der Waals surface area contributed by atoms with Gasteiger partial charge >= 0.3 is 6.18 Å². The molecule has 2 amide bonds. The summed E-state index contributed by atoms with van der Waals surface area (Å²) in [4.78, 5) is 29.0. The first kappa shape index (κ1) is 34.2. The van der Waals surface area contributed by atoms with E-state index in [1.807, 2.05) is 0 Å². The number of hydrogen-bond donors (Lipinski definition) is 1. The number of carbonyl (C=O) groups is 2. The lowest BCUT2D eigenvalue weighted by Crippen LogP contribution is -2.56. The standard InChI is InChI=1S/C30H32Cl2F3N3O4S/c1-29(2,3)36-28(40)26(16-20-9-6-5-7-10-20)37(18-21-13-14-24(31)25(32)15-21)27(39)19-38(43(4,41)42)23-12-8-11-22(17-23)30(33,34)35/h5-15,17,26H,16,18-19H2,1-4H3,(H,36,40)/t26-/m0/s1. The van der Waals surface area contributed by atoms with Crippen LogP contribution in [-0.2, 0) is 38.8 Å². The Balaban J connectivity index is 2.12. The molecule has 13 heteroatoms. The molecule has 0 radical (unpaired) electrons. The molecule has 7 nitrogen and oxygen atoms in total. The van der Waals surface area contributed by atoms with E-state index in [2.05, 4.69) is 5.32 Å². The number of carbonyl (C=O) groups excluding carboxylic acids is 2. The van der Waals surface area contributed by atoms with Crippen molar-refractivity contribution in [2.45, 2.75) is 51.5 Å². The van der Waals surface area contributed by atoms with Gasteiger partial charge in [0.1, 0.15) is 12.6 Å². The van der Waals surface area contributed by atoms with Crippen molar-refractivity contribution in [2.75, 3.05) is 17.1 Å². The second-order valence-corrected chi connectivity index (χ2v) is 13.8. The molecule has 0 aliphatic carbocycles. The number of halogens is 5. The van der Waals surface area contributed by atoms with Crippen molar-refractivity contribution in [1.82, 2.24) is 10.2 Å². The van der Waals surface area contributed by atoms with Gasteiger partial charge in [-0.15, -0.1) is 0 Å². The second-order valence-electron chi connectivity index (χ2n) is 11.0. The molecule has 3 aromatic rings. The number of sulfonamides is 1. The van der Waals surface area contributed by atoms with Crippen LogP contribution in [0.1, 0.15) is 37.5 Å². The summed E-state index contributed by atoms with van der Waals surface area (Å²) in [6.45, 7) is 4.28. The molecule has 0 aliphatic heterocycles. The molecule has 0 saturated heterocycles. The first-order chi connectivity index (χ1) is 19.8. The van der Waals surface area contributed by atoms with Gasteiger partial charge < -0.3 is 10.2 Å². The van der Waals surface area contributed by atoms with Gasteiger partial charge in [0, 0.05) is 18.5 Å². The first-order valence-electron chi connectivity index (χ1n) is 13.1. The minimum atomic E-state index is -4.74. The van der Waals surface area contributed by atoms with E-state index >= 15 is 0 Å². The summed E-state index contributed by atoms with van der Waals surface area (Å²) < 4.78 is 66.6. The quantitative estimate of drug-likeness (QED) is 0.276. The summed E-state index contributed by atoms with van der Waals surface area (Å²) in [5, 5.41) is 3.35. The SMILES string of the molecule is CC(C)(C)NC(=O)[C@H](Cc1ccccc1)N(Cc1ccc(Cl)c(Cl)c1)C(=O)CN(c1cccc(C(F)(F)F)c1)S(C)(=O)=O. The molecule has 1 atom stereocenters. The van der Waals surface area contributed by atoms with Gasteiger partial charge in [-0.05, 0) is 62.2 Å². The van der Waals surface area contributed by atoms with E-state index in [0.29, 0.717) is 15.9 Å². The fourth-order valence-corrected chi connectivity index (χ4v) is 5.45. The second kappa shape index (κ2) is 13.6. The van der Waals surface area contributed by atoms with E-state index < -0.39 is 51.7 Å². The minimum Gasteiger partial charge on any atom is -0.350 e. The molecule has 232 valence electrons. The zero-order valence-electron chi connectivity index (χ0n) is 24.0. The van der Waals surface area contributed by atoms with Crippen LogP contribution in [0.3, 0.4) is 0 Å². The lowest BCUT2D eigenvalue weighted by molar-refractivity contribution is -0.140.